The first-order chi connectivity index (χ1) is 15.0. The van der Waals surface area contributed by atoms with E-state index in [1.807, 2.05) is 19.9 Å². The second-order valence-electron chi connectivity index (χ2n) is 9.53. The van der Waals surface area contributed by atoms with Gasteiger partial charge in [0.25, 0.3) is 0 Å². The zero-order chi connectivity index (χ0) is 21.4. The number of para-hydroxylation sites is 1. The summed E-state index contributed by atoms with van der Waals surface area (Å²) in [5, 5.41) is 12.0. The Hall–Kier alpha value is -2.86. The molecule has 2 aliphatic heterocycles. The van der Waals surface area contributed by atoms with Gasteiger partial charge in [-0.1, -0.05) is 38.1 Å². The van der Waals surface area contributed by atoms with Crippen molar-refractivity contribution in [1.29, 1.82) is 0 Å². The molecule has 2 N–H and O–H groups in total. The Kier molecular flexibility index (Phi) is 5.18. The summed E-state index contributed by atoms with van der Waals surface area (Å²) in [5.41, 5.74) is 4.39. The zero-order valence-corrected chi connectivity index (χ0v) is 18.4. The maximum Gasteiger partial charge on any atom is 0.230 e. The monoisotopic (exact) mass is 417 g/mol. The molecular formula is C25H31N5O. The predicted octanol–water partition coefficient (Wildman–Crippen LogP) is 3.84. The van der Waals surface area contributed by atoms with E-state index in [0.717, 1.165) is 69.0 Å². The second-order valence-corrected chi connectivity index (χ2v) is 9.53. The highest BCUT2D eigenvalue weighted by Gasteiger charge is 2.33. The highest BCUT2D eigenvalue weighted by atomic mass is 16.2. The van der Waals surface area contributed by atoms with Crippen molar-refractivity contribution in [2.75, 3.05) is 42.9 Å². The van der Waals surface area contributed by atoms with Crippen LogP contribution in [0.4, 0.5) is 11.5 Å². The molecule has 0 bridgehead atoms. The number of nitrogens with zero attached hydrogens (tertiary/aromatic N) is 3. The van der Waals surface area contributed by atoms with Crippen molar-refractivity contribution >= 4 is 28.3 Å². The summed E-state index contributed by atoms with van der Waals surface area (Å²) in [4.78, 5) is 17.1. The molecule has 2 aromatic carbocycles. The Balaban J connectivity index is 1.13. The van der Waals surface area contributed by atoms with Gasteiger partial charge in [0.15, 0.2) is 5.82 Å². The van der Waals surface area contributed by atoms with Gasteiger partial charge in [-0.05, 0) is 55.1 Å². The van der Waals surface area contributed by atoms with Crippen LogP contribution in [0.2, 0.25) is 0 Å². The molecule has 3 heterocycles. The number of aromatic amines is 1. The highest BCUT2D eigenvalue weighted by Crippen LogP contribution is 2.33. The molecule has 0 unspecified atom stereocenters. The SMILES string of the molecule is CC1(C)Cc2cc(CCCN3CCN(c4n[nH]c5ccccc45)CC3)ccc2NC1=O. The summed E-state index contributed by atoms with van der Waals surface area (Å²) in [6.07, 6.45) is 3.04. The molecular weight excluding hydrogens is 386 g/mol. The zero-order valence-electron chi connectivity index (χ0n) is 18.4. The van der Waals surface area contributed by atoms with E-state index in [9.17, 15) is 4.79 Å². The third kappa shape index (κ3) is 4.04. The van der Waals surface area contributed by atoms with Crippen molar-refractivity contribution in [3.8, 4) is 0 Å². The number of H-pyrrole nitrogens is 1. The van der Waals surface area contributed by atoms with E-state index < -0.39 is 0 Å². The lowest BCUT2D eigenvalue weighted by Crippen LogP contribution is -2.46. The van der Waals surface area contributed by atoms with Crippen molar-refractivity contribution in [2.45, 2.75) is 33.1 Å². The fourth-order valence-corrected chi connectivity index (χ4v) is 4.80. The highest BCUT2D eigenvalue weighted by molar-refractivity contribution is 5.98. The number of fused-ring (bicyclic) bond motifs is 2. The number of rotatable bonds is 5. The Morgan fingerprint density at radius 2 is 1.87 bits per heavy atom. The average molecular weight is 418 g/mol. The third-order valence-electron chi connectivity index (χ3n) is 6.73. The molecule has 162 valence electrons. The quantitative estimate of drug-likeness (QED) is 0.662. The standard InChI is InChI=1S/C25H31N5O/c1-25(2)17-19-16-18(9-10-21(19)26-24(25)31)6-5-11-29-12-14-30(15-13-29)23-20-7-3-4-8-22(20)27-28-23/h3-4,7-10,16H,5-6,11-15,17H2,1-2H3,(H,26,31)(H,27,28). The number of piperazine rings is 1. The van der Waals surface area contributed by atoms with Gasteiger partial charge in [0.05, 0.1) is 5.52 Å². The molecule has 2 aliphatic rings. The molecule has 0 spiro atoms. The first-order valence-corrected chi connectivity index (χ1v) is 11.3. The summed E-state index contributed by atoms with van der Waals surface area (Å²) >= 11 is 0. The topological polar surface area (TPSA) is 64.3 Å². The van der Waals surface area contributed by atoms with Crippen LogP contribution >= 0.6 is 0 Å². The predicted molar refractivity (Wildman–Crippen MR) is 126 cm³/mol. The van der Waals surface area contributed by atoms with Crippen molar-refractivity contribution < 1.29 is 4.79 Å². The Morgan fingerprint density at radius 1 is 1.06 bits per heavy atom. The Labute approximate surface area is 183 Å². The Bertz CT molecular complexity index is 1090. The van der Waals surface area contributed by atoms with Gasteiger partial charge in [0, 0.05) is 42.7 Å². The molecule has 1 saturated heterocycles. The maximum atomic E-state index is 12.1. The molecule has 1 aromatic heterocycles. The molecule has 6 heteroatoms. The summed E-state index contributed by atoms with van der Waals surface area (Å²) in [5.74, 6) is 1.20. The van der Waals surface area contributed by atoms with E-state index in [-0.39, 0.29) is 11.3 Å². The number of anilines is 2. The number of carbonyl (C=O) groups excluding carboxylic acids is 1. The van der Waals surface area contributed by atoms with E-state index in [0.29, 0.717) is 0 Å². The van der Waals surface area contributed by atoms with Crippen LogP contribution in [0.15, 0.2) is 42.5 Å². The molecule has 0 atom stereocenters. The van der Waals surface area contributed by atoms with Crippen molar-refractivity contribution in [1.82, 2.24) is 15.1 Å². The van der Waals surface area contributed by atoms with Crippen molar-refractivity contribution in [3.05, 3.63) is 53.6 Å². The Morgan fingerprint density at radius 3 is 2.71 bits per heavy atom. The number of aryl methyl sites for hydroxylation is 1. The number of nitrogens with one attached hydrogen (secondary N) is 2. The minimum Gasteiger partial charge on any atom is -0.352 e. The molecule has 5 rings (SSSR count). The van der Waals surface area contributed by atoms with Crippen molar-refractivity contribution in [2.24, 2.45) is 5.41 Å². The fourth-order valence-electron chi connectivity index (χ4n) is 4.80. The van der Waals surface area contributed by atoms with Crippen LogP contribution in [0.5, 0.6) is 0 Å². The second kappa shape index (κ2) is 8.00. The molecule has 31 heavy (non-hydrogen) atoms. The van der Waals surface area contributed by atoms with Crippen LogP contribution in [-0.2, 0) is 17.6 Å². The van der Waals surface area contributed by atoms with E-state index in [1.165, 1.54) is 16.5 Å². The van der Waals surface area contributed by atoms with Crippen LogP contribution in [0.3, 0.4) is 0 Å². The summed E-state index contributed by atoms with van der Waals surface area (Å²) in [6, 6.07) is 14.9. The first-order valence-electron chi connectivity index (χ1n) is 11.3. The largest absolute Gasteiger partial charge is 0.352 e. The van der Waals surface area contributed by atoms with Gasteiger partial charge in [0.1, 0.15) is 0 Å². The van der Waals surface area contributed by atoms with Crippen LogP contribution in [0.25, 0.3) is 10.9 Å². The molecule has 3 aromatic rings. The lowest BCUT2D eigenvalue weighted by Gasteiger charge is -2.35. The number of hydrogen-bond donors (Lipinski definition) is 2. The van der Waals surface area contributed by atoms with E-state index in [2.05, 4.69) is 61.7 Å². The molecule has 0 radical (unpaired) electrons. The van der Waals surface area contributed by atoms with Crippen LogP contribution in [0, 0.1) is 5.41 Å². The van der Waals surface area contributed by atoms with Crippen molar-refractivity contribution in [3.63, 3.8) is 0 Å². The lowest BCUT2D eigenvalue weighted by atomic mass is 9.81. The molecule has 1 amide bonds. The van der Waals surface area contributed by atoms with Crippen LogP contribution in [0.1, 0.15) is 31.4 Å². The van der Waals surface area contributed by atoms with Gasteiger partial charge < -0.3 is 10.2 Å². The first kappa shape index (κ1) is 20.1. The lowest BCUT2D eigenvalue weighted by molar-refractivity contribution is -0.124. The number of hydrogen-bond acceptors (Lipinski definition) is 4. The molecule has 6 nitrogen and oxygen atoms in total. The van der Waals surface area contributed by atoms with E-state index in [1.54, 1.807) is 0 Å². The normalized spacial score (nSPS) is 18.8. The summed E-state index contributed by atoms with van der Waals surface area (Å²) in [7, 11) is 0. The van der Waals surface area contributed by atoms with Gasteiger partial charge >= 0.3 is 0 Å². The minimum atomic E-state index is -0.328. The number of aromatic nitrogens is 2. The van der Waals surface area contributed by atoms with Crippen LogP contribution < -0.4 is 10.2 Å². The van der Waals surface area contributed by atoms with Crippen LogP contribution in [-0.4, -0.2) is 53.7 Å². The van der Waals surface area contributed by atoms with E-state index in [4.69, 9.17) is 0 Å². The number of carbonyl (C=O) groups is 1. The molecule has 0 aliphatic carbocycles. The average Bonchev–Trinajstić information content (AvgIpc) is 3.19. The minimum absolute atomic E-state index is 0.120. The van der Waals surface area contributed by atoms with Gasteiger partial charge in [-0.3, -0.25) is 14.8 Å². The third-order valence-corrected chi connectivity index (χ3v) is 6.73. The number of amides is 1. The molecule has 1 fully saturated rings. The van der Waals surface area contributed by atoms with Gasteiger partial charge in [0.2, 0.25) is 5.91 Å². The van der Waals surface area contributed by atoms with Gasteiger partial charge in [-0.15, -0.1) is 0 Å². The smallest absolute Gasteiger partial charge is 0.230 e. The van der Waals surface area contributed by atoms with Gasteiger partial charge in [-0.2, -0.15) is 5.10 Å². The summed E-state index contributed by atoms with van der Waals surface area (Å²) in [6.45, 7) is 9.34. The molecule has 0 saturated carbocycles. The van der Waals surface area contributed by atoms with E-state index >= 15 is 0 Å². The number of benzene rings is 2. The summed E-state index contributed by atoms with van der Waals surface area (Å²) < 4.78 is 0. The van der Waals surface area contributed by atoms with Gasteiger partial charge in [-0.25, -0.2) is 0 Å². The fraction of sp³-hybridized carbons (Fsp3) is 0.440. The maximum absolute atomic E-state index is 12.1.